The number of aryl methyl sites for hydroxylation is 1. The van der Waals surface area contributed by atoms with Gasteiger partial charge in [0.15, 0.2) is 0 Å². The first kappa shape index (κ1) is 15.5. The van der Waals surface area contributed by atoms with E-state index in [1.165, 1.54) is 0 Å². The van der Waals surface area contributed by atoms with Crippen LogP contribution >= 0.6 is 0 Å². The number of piperidine rings is 1. The summed E-state index contributed by atoms with van der Waals surface area (Å²) in [5.74, 6) is -0.00374. The lowest BCUT2D eigenvalue weighted by atomic mass is 10.1. The Bertz CT molecular complexity index is 516. The van der Waals surface area contributed by atoms with E-state index >= 15 is 0 Å². The SMILES string of the molecule is Cc1cccnc1CC(C)NC(=O)CN1CCCCC1=O. The van der Waals surface area contributed by atoms with E-state index in [0.29, 0.717) is 19.4 Å². The van der Waals surface area contributed by atoms with E-state index in [2.05, 4.69) is 10.3 Å². The minimum atomic E-state index is -0.0914. The molecule has 2 heterocycles. The van der Waals surface area contributed by atoms with Gasteiger partial charge in [-0.2, -0.15) is 0 Å². The number of carbonyl (C=O) groups is 2. The van der Waals surface area contributed by atoms with Crippen LogP contribution < -0.4 is 5.32 Å². The van der Waals surface area contributed by atoms with Gasteiger partial charge in [-0.1, -0.05) is 6.07 Å². The van der Waals surface area contributed by atoms with Crippen LogP contribution in [0, 0.1) is 6.92 Å². The lowest BCUT2D eigenvalue weighted by Gasteiger charge is -2.26. The van der Waals surface area contributed by atoms with Crippen LogP contribution in [0.2, 0.25) is 0 Å². The van der Waals surface area contributed by atoms with Crippen molar-refractivity contribution in [3.63, 3.8) is 0 Å². The molecule has 1 fully saturated rings. The maximum atomic E-state index is 12.0. The molecule has 1 N–H and O–H groups in total. The number of likely N-dealkylation sites (tertiary alicyclic amines) is 1. The summed E-state index contributed by atoms with van der Waals surface area (Å²) in [6.07, 6.45) is 4.96. The zero-order valence-corrected chi connectivity index (χ0v) is 12.8. The number of rotatable bonds is 5. The Balaban J connectivity index is 1.82. The van der Waals surface area contributed by atoms with Crippen LogP contribution in [0.4, 0.5) is 0 Å². The summed E-state index contributed by atoms with van der Waals surface area (Å²) in [6.45, 7) is 4.84. The molecule has 1 atom stereocenters. The smallest absolute Gasteiger partial charge is 0.239 e. The second kappa shape index (κ2) is 7.20. The van der Waals surface area contributed by atoms with Crippen molar-refractivity contribution in [2.24, 2.45) is 0 Å². The first-order valence-electron chi connectivity index (χ1n) is 7.54. The molecular weight excluding hydrogens is 266 g/mol. The molecule has 21 heavy (non-hydrogen) atoms. The number of nitrogens with zero attached hydrogens (tertiary/aromatic N) is 2. The second-order valence-electron chi connectivity index (χ2n) is 5.71. The van der Waals surface area contributed by atoms with E-state index in [4.69, 9.17) is 0 Å². The Morgan fingerprint density at radius 2 is 2.29 bits per heavy atom. The van der Waals surface area contributed by atoms with Gasteiger partial charge >= 0.3 is 0 Å². The summed E-state index contributed by atoms with van der Waals surface area (Å²) >= 11 is 0. The Morgan fingerprint density at radius 1 is 1.48 bits per heavy atom. The highest BCUT2D eigenvalue weighted by atomic mass is 16.2. The van der Waals surface area contributed by atoms with Gasteiger partial charge in [0, 0.05) is 37.3 Å². The number of nitrogens with one attached hydrogen (secondary N) is 1. The molecule has 5 heteroatoms. The van der Waals surface area contributed by atoms with E-state index in [1.54, 1.807) is 11.1 Å². The summed E-state index contributed by atoms with van der Waals surface area (Å²) in [5, 5.41) is 2.95. The lowest BCUT2D eigenvalue weighted by Crippen LogP contribution is -2.45. The summed E-state index contributed by atoms with van der Waals surface area (Å²) in [7, 11) is 0. The number of carbonyl (C=O) groups excluding carboxylic acids is 2. The highest BCUT2D eigenvalue weighted by molar-refractivity contribution is 5.85. The molecular formula is C16H23N3O2. The van der Waals surface area contributed by atoms with Crippen LogP contribution in [0.25, 0.3) is 0 Å². The van der Waals surface area contributed by atoms with Gasteiger partial charge < -0.3 is 10.2 Å². The fourth-order valence-electron chi connectivity index (χ4n) is 2.60. The van der Waals surface area contributed by atoms with E-state index in [1.807, 2.05) is 26.0 Å². The van der Waals surface area contributed by atoms with E-state index in [-0.39, 0.29) is 24.4 Å². The molecule has 2 rings (SSSR count). The maximum absolute atomic E-state index is 12.0. The van der Waals surface area contributed by atoms with Crippen LogP contribution in [-0.2, 0) is 16.0 Å². The molecule has 2 amide bonds. The highest BCUT2D eigenvalue weighted by Crippen LogP contribution is 2.10. The van der Waals surface area contributed by atoms with Gasteiger partial charge in [-0.25, -0.2) is 0 Å². The quantitative estimate of drug-likeness (QED) is 0.892. The Labute approximate surface area is 125 Å². The highest BCUT2D eigenvalue weighted by Gasteiger charge is 2.21. The number of hydrogen-bond donors (Lipinski definition) is 1. The molecule has 0 spiro atoms. The fourth-order valence-corrected chi connectivity index (χ4v) is 2.60. The van der Waals surface area contributed by atoms with E-state index < -0.39 is 0 Å². The molecule has 0 radical (unpaired) electrons. The normalized spacial score (nSPS) is 16.7. The Morgan fingerprint density at radius 3 is 3.00 bits per heavy atom. The predicted octanol–water partition coefficient (Wildman–Crippen LogP) is 1.45. The molecule has 0 bridgehead atoms. The van der Waals surface area contributed by atoms with Crippen molar-refractivity contribution in [2.45, 2.75) is 45.6 Å². The molecule has 1 saturated heterocycles. The third kappa shape index (κ3) is 4.55. The lowest BCUT2D eigenvalue weighted by molar-refractivity contribution is -0.138. The summed E-state index contributed by atoms with van der Waals surface area (Å²) < 4.78 is 0. The van der Waals surface area contributed by atoms with Crippen molar-refractivity contribution < 1.29 is 9.59 Å². The fraction of sp³-hybridized carbons (Fsp3) is 0.562. The molecule has 5 nitrogen and oxygen atoms in total. The molecule has 1 aromatic rings. The van der Waals surface area contributed by atoms with Gasteiger partial charge in [-0.15, -0.1) is 0 Å². The molecule has 1 unspecified atom stereocenters. The summed E-state index contributed by atoms with van der Waals surface area (Å²) in [4.78, 5) is 29.7. The van der Waals surface area contributed by atoms with Gasteiger partial charge in [0.05, 0.1) is 6.54 Å². The second-order valence-corrected chi connectivity index (χ2v) is 5.71. The average molecular weight is 289 g/mol. The van der Waals surface area contributed by atoms with Crippen molar-refractivity contribution in [2.75, 3.05) is 13.1 Å². The van der Waals surface area contributed by atoms with Crippen LogP contribution in [0.5, 0.6) is 0 Å². The molecule has 0 saturated carbocycles. The summed E-state index contributed by atoms with van der Waals surface area (Å²) in [6, 6.07) is 3.93. The van der Waals surface area contributed by atoms with Crippen LogP contribution in [0.1, 0.15) is 37.4 Å². The largest absolute Gasteiger partial charge is 0.352 e. The minimum Gasteiger partial charge on any atom is -0.352 e. The van der Waals surface area contributed by atoms with Crippen molar-refractivity contribution in [3.05, 3.63) is 29.6 Å². The zero-order chi connectivity index (χ0) is 15.2. The Kier molecular flexibility index (Phi) is 5.31. The monoisotopic (exact) mass is 289 g/mol. The topological polar surface area (TPSA) is 62.3 Å². The Hall–Kier alpha value is -1.91. The van der Waals surface area contributed by atoms with E-state index in [9.17, 15) is 9.59 Å². The molecule has 0 aliphatic carbocycles. The van der Waals surface area contributed by atoms with E-state index in [0.717, 1.165) is 24.1 Å². The molecule has 1 aromatic heterocycles. The van der Waals surface area contributed by atoms with Crippen molar-refractivity contribution in [1.82, 2.24) is 15.2 Å². The summed E-state index contributed by atoms with van der Waals surface area (Å²) in [5.41, 5.74) is 2.13. The number of pyridine rings is 1. The molecule has 0 aromatic carbocycles. The predicted molar refractivity (Wildman–Crippen MR) is 80.7 cm³/mol. The third-order valence-electron chi connectivity index (χ3n) is 3.78. The first-order chi connectivity index (χ1) is 10.1. The van der Waals surface area contributed by atoms with Gasteiger partial charge in [-0.3, -0.25) is 14.6 Å². The third-order valence-corrected chi connectivity index (χ3v) is 3.78. The van der Waals surface area contributed by atoms with Gasteiger partial charge in [0.1, 0.15) is 0 Å². The van der Waals surface area contributed by atoms with Crippen LogP contribution in [0.3, 0.4) is 0 Å². The number of aromatic nitrogens is 1. The van der Waals surface area contributed by atoms with Gasteiger partial charge in [-0.05, 0) is 38.3 Å². The maximum Gasteiger partial charge on any atom is 0.239 e. The molecule has 1 aliphatic heterocycles. The molecule has 114 valence electrons. The first-order valence-corrected chi connectivity index (χ1v) is 7.54. The number of hydrogen-bond acceptors (Lipinski definition) is 3. The van der Waals surface area contributed by atoms with Crippen molar-refractivity contribution in [3.8, 4) is 0 Å². The van der Waals surface area contributed by atoms with Gasteiger partial charge in [0.25, 0.3) is 0 Å². The minimum absolute atomic E-state index is 0.00555. The standard InChI is InChI=1S/C16H23N3O2/c1-12-6-5-8-17-14(12)10-13(2)18-15(20)11-19-9-4-3-7-16(19)21/h5-6,8,13H,3-4,7,9-11H2,1-2H3,(H,18,20). The van der Waals surface area contributed by atoms with Crippen LogP contribution in [0.15, 0.2) is 18.3 Å². The van der Waals surface area contributed by atoms with Crippen LogP contribution in [-0.4, -0.2) is 40.8 Å². The molecule has 1 aliphatic rings. The number of amides is 2. The average Bonchev–Trinajstić information content (AvgIpc) is 2.44. The zero-order valence-electron chi connectivity index (χ0n) is 12.8. The van der Waals surface area contributed by atoms with Crippen molar-refractivity contribution in [1.29, 1.82) is 0 Å². The van der Waals surface area contributed by atoms with Gasteiger partial charge in [0.2, 0.25) is 11.8 Å². The van der Waals surface area contributed by atoms with Crippen molar-refractivity contribution >= 4 is 11.8 Å².